The summed E-state index contributed by atoms with van der Waals surface area (Å²) in [6, 6.07) is 6.40. The molecule has 1 aliphatic heterocycles. The van der Waals surface area contributed by atoms with Crippen molar-refractivity contribution < 1.29 is 24.3 Å². The number of carboxylic acids is 1. The van der Waals surface area contributed by atoms with E-state index in [0.717, 1.165) is 11.1 Å². The van der Waals surface area contributed by atoms with Crippen LogP contribution >= 0.6 is 0 Å². The molecule has 1 aliphatic rings. The average Bonchev–Trinajstić information content (AvgIpc) is 2.56. The van der Waals surface area contributed by atoms with Crippen LogP contribution in [-0.2, 0) is 32.1 Å². The topological polar surface area (TPSA) is 116 Å². The Bertz CT molecular complexity index is 673. The first-order chi connectivity index (χ1) is 11.4. The van der Waals surface area contributed by atoms with Crippen LogP contribution in [0.5, 0.6) is 0 Å². The van der Waals surface area contributed by atoms with Crippen LogP contribution in [0.15, 0.2) is 24.3 Å². The number of carboxylic acid groups (broad SMARTS) is 1. The van der Waals surface area contributed by atoms with Gasteiger partial charge in [0.15, 0.2) is 0 Å². The summed E-state index contributed by atoms with van der Waals surface area (Å²) in [5, 5.41) is 14.1. The number of hydrogen-bond donors (Lipinski definition) is 3. The zero-order valence-electron chi connectivity index (χ0n) is 13.2. The van der Waals surface area contributed by atoms with Crippen molar-refractivity contribution in [2.24, 2.45) is 0 Å². The molecule has 1 atom stereocenters. The van der Waals surface area contributed by atoms with Gasteiger partial charge in [-0.25, -0.2) is 4.79 Å². The third-order valence-corrected chi connectivity index (χ3v) is 3.79. The number of carbonyl (C=O) groups is 4. The number of nitrogens with zero attached hydrogens (tertiary/aromatic N) is 1. The van der Waals surface area contributed by atoms with Gasteiger partial charge in [-0.05, 0) is 11.1 Å². The van der Waals surface area contributed by atoms with Gasteiger partial charge in [0.2, 0.25) is 17.7 Å². The Morgan fingerprint density at radius 3 is 2.42 bits per heavy atom. The van der Waals surface area contributed by atoms with Crippen molar-refractivity contribution in [2.75, 3.05) is 13.1 Å². The maximum atomic E-state index is 12.3. The zero-order chi connectivity index (χ0) is 17.7. The maximum absolute atomic E-state index is 12.3. The SMILES string of the molecule is CC(=O)NCC(=O)NCC(=O)N1Cc2ccccc2CC1C(=O)O. The number of amides is 3. The fourth-order valence-corrected chi connectivity index (χ4v) is 2.55. The van der Waals surface area contributed by atoms with Crippen LogP contribution in [0, 0.1) is 0 Å². The van der Waals surface area contributed by atoms with E-state index in [1.807, 2.05) is 24.3 Å². The van der Waals surface area contributed by atoms with Gasteiger partial charge in [-0.1, -0.05) is 24.3 Å². The van der Waals surface area contributed by atoms with Gasteiger partial charge < -0.3 is 20.6 Å². The lowest BCUT2D eigenvalue weighted by Crippen LogP contribution is -2.52. The smallest absolute Gasteiger partial charge is 0.326 e. The first kappa shape index (κ1) is 17.5. The summed E-state index contributed by atoms with van der Waals surface area (Å²) >= 11 is 0. The molecule has 0 aromatic heterocycles. The van der Waals surface area contributed by atoms with E-state index >= 15 is 0 Å². The molecule has 0 aliphatic carbocycles. The fraction of sp³-hybridized carbons (Fsp3) is 0.375. The van der Waals surface area contributed by atoms with Crippen molar-refractivity contribution in [3.63, 3.8) is 0 Å². The van der Waals surface area contributed by atoms with E-state index in [-0.39, 0.29) is 32.0 Å². The summed E-state index contributed by atoms with van der Waals surface area (Å²) in [4.78, 5) is 47.3. The molecule has 3 amide bonds. The van der Waals surface area contributed by atoms with Gasteiger partial charge in [-0.2, -0.15) is 0 Å². The molecule has 8 heteroatoms. The van der Waals surface area contributed by atoms with Crippen molar-refractivity contribution in [2.45, 2.75) is 25.9 Å². The normalized spacial score (nSPS) is 16.0. The minimum atomic E-state index is -1.08. The Morgan fingerprint density at radius 2 is 1.79 bits per heavy atom. The molecule has 1 heterocycles. The number of carbonyl (C=O) groups excluding carboxylic acids is 3. The molecule has 1 aromatic carbocycles. The van der Waals surface area contributed by atoms with E-state index in [1.165, 1.54) is 11.8 Å². The Morgan fingerprint density at radius 1 is 1.12 bits per heavy atom. The molecule has 1 unspecified atom stereocenters. The fourth-order valence-electron chi connectivity index (χ4n) is 2.55. The zero-order valence-corrected chi connectivity index (χ0v) is 13.2. The van der Waals surface area contributed by atoms with Gasteiger partial charge in [0.1, 0.15) is 6.04 Å². The summed E-state index contributed by atoms with van der Waals surface area (Å²) < 4.78 is 0. The molecule has 0 spiro atoms. The molecule has 1 aromatic rings. The van der Waals surface area contributed by atoms with E-state index in [1.54, 1.807) is 0 Å². The third-order valence-electron chi connectivity index (χ3n) is 3.79. The number of benzene rings is 1. The van der Waals surface area contributed by atoms with E-state index in [0.29, 0.717) is 0 Å². The lowest BCUT2D eigenvalue weighted by atomic mass is 9.94. The van der Waals surface area contributed by atoms with Crippen LogP contribution < -0.4 is 10.6 Å². The Hall–Kier alpha value is -2.90. The lowest BCUT2D eigenvalue weighted by Gasteiger charge is -2.34. The largest absolute Gasteiger partial charge is 0.480 e. The molecule has 0 saturated heterocycles. The number of fused-ring (bicyclic) bond motifs is 1. The number of nitrogens with one attached hydrogen (secondary N) is 2. The summed E-state index contributed by atoms with van der Waals surface area (Å²) in [6.45, 7) is 0.923. The van der Waals surface area contributed by atoms with Crippen molar-refractivity contribution in [3.8, 4) is 0 Å². The predicted octanol–water partition coefficient (Wildman–Crippen LogP) is -0.723. The summed E-state index contributed by atoms with van der Waals surface area (Å²) in [7, 11) is 0. The highest BCUT2D eigenvalue weighted by atomic mass is 16.4. The number of hydrogen-bond acceptors (Lipinski definition) is 4. The highest BCUT2D eigenvalue weighted by Gasteiger charge is 2.34. The molecule has 3 N–H and O–H groups in total. The monoisotopic (exact) mass is 333 g/mol. The summed E-state index contributed by atoms with van der Waals surface area (Å²) in [5.41, 5.74) is 1.80. The quantitative estimate of drug-likeness (QED) is 0.657. The molecule has 8 nitrogen and oxygen atoms in total. The van der Waals surface area contributed by atoms with Crippen molar-refractivity contribution >= 4 is 23.7 Å². The van der Waals surface area contributed by atoms with Crippen LogP contribution in [0.2, 0.25) is 0 Å². The first-order valence-electron chi connectivity index (χ1n) is 7.48. The van der Waals surface area contributed by atoms with Crippen LogP contribution in [-0.4, -0.2) is 52.8 Å². The molecule has 2 rings (SSSR count). The van der Waals surface area contributed by atoms with Crippen molar-refractivity contribution in [1.82, 2.24) is 15.5 Å². The van der Waals surface area contributed by atoms with Gasteiger partial charge in [0.25, 0.3) is 0 Å². The Labute approximate surface area is 138 Å². The van der Waals surface area contributed by atoms with E-state index in [4.69, 9.17) is 0 Å². The first-order valence-corrected chi connectivity index (χ1v) is 7.48. The minimum Gasteiger partial charge on any atom is -0.480 e. The van der Waals surface area contributed by atoms with Gasteiger partial charge in [-0.15, -0.1) is 0 Å². The van der Waals surface area contributed by atoms with Crippen LogP contribution in [0.25, 0.3) is 0 Å². The second kappa shape index (κ2) is 7.58. The second-order valence-corrected chi connectivity index (χ2v) is 5.53. The minimum absolute atomic E-state index is 0.188. The summed E-state index contributed by atoms with van der Waals surface area (Å²) in [5.74, 6) is -2.42. The number of rotatable bonds is 5. The van der Waals surface area contributed by atoms with Crippen LogP contribution in [0.3, 0.4) is 0 Å². The van der Waals surface area contributed by atoms with Crippen molar-refractivity contribution in [1.29, 1.82) is 0 Å². The standard InChI is InChI=1S/C16H19N3O5/c1-10(20)17-7-14(21)18-8-15(22)19-9-12-5-3-2-4-11(12)6-13(19)16(23)24/h2-5,13H,6-9H2,1H3,(H,17,20)(H,18,21)(H,23,24). The van der Waals surface area contributed by atoms with Crippen molar-refractivity contribution in [3.05, 3.63) is 35.4 Å². The molecular weight excluding hydrogens is 314 g/mol. The van der Waals surface area contributed by atoms with Crippen LogP contribution in [0.4, 0.5) is 0 Å². The number of aliphatic carboxylic acids is 1. The van der Waals surface area contributed by atoms with Crippen LogP contribution in [0.1, 0.15) is 18.1 Å². The average molecular weight is 333 g/mol. The molecule has 0 fully saturated rings. The lowest BCUT2D eigenvalue weighted by molar-refractivity contribution is -0.151. The van der Waals surface area contributed by atoms with Gasteiger partial charge in [-0.3, -0.25) is 14.4 Å². The molecule has 0 bridgehead atoms. The third kappa shape index (κ3) is 4.31. The van der Waals surface area contributed by atoms with Gasteiger partial charge in [0.05, 0.1) is 13.1 Å². The molecule has 24 heavy (non-hydrogen) atoms. The van der Waals surface area contributed by atoms with E-state index in [9.17, 15) is 24.3 Å². The van der Waals surface area contributed by atoms with E-state index in [2.05, 4.69) is 10.6 Å². The summed E-state index contributed by atoms with van der Waals surface area (Å²) in [6.07, 6.45) is 0.233. The maximum Gasteiger partial charge on any atom is 0.326 e. The predicted molar refractivity (Wildman–Crippen MR) is 83.8 cm³/mol. The molecular formula is C16H19N3O5. The second-order valence-electron chi connectivity index (χ2n) is 5.53. The highest BCUT2D eigenvalue weighted by Crippen LogP contribution is 2.23. The Kier molecular flexibility index (Phi) is 5.51. The van der Waals surface area contributed by atoms with E-state index < -0.39 is 23.8 Å². The van der Waals surface area contributed by atoms with Gasteiger partial charge in [0, 0.05) is 19.9 Å². The highest BCUT2D eigenvalue weighted by molar-refractivity contribution is 5.90. The molecule has 128 valence electrons. The molecule has 0 saturated carbocycles. The Balaban J connectivity index is 2.00. The molecule has 0 radical (unpaired) electrons. The van der Waals surface area contributed by atoms with Gasteiger partial charge >= 0.3 is 5.97 Å².